The van der Waals surface area contributed by atoms with E-state index in [0.29, 0.717) is 24.9 Å². The largest absolute Gasteiger partial charge is 0.454 e. The van der Waals surface area contributed by atoms with Crippen molar-refractivity contribution in [3.8, 4) is 17.2 Å². The highest BCUT2D eigenvalue weighted by Gasteiger charge is 2.36. The Hall–Kier alpha value is -3.04. The molecule has 0 atom stereocenters. The Bertz CT molecular complexity index is 1130. The maximum absolute atomic E-state index is 12.8. The molecule has 1 N–H and O–H groups in total. The van der Waals surface area contributed by atoms with Crippen molar-refractivity contribution in [2.45, 2.75) is 30.3 Å². The van der Waals surface area contributed by atoms with Crippen LogP contribution < -0.4 is 14.8 Å². The third-order valence-corrected chi connectivity index (χ3v) is 7.16. The Labute approximate surface area is 196 Å². The van der Waals surface area contributed by atoms with Crippen molar-refractivity contribution in [2.24, 2.45) is 0 Å². The average Bonchev–Trinajstić information content (AvgIpc) is 3.51. The van der Waals surface area contributed by atoms with Crippen LogP contribution in [0.1, 0.15) is 24.0 Å². The zero-order valence-electron chi connectivity index (χ0n) is 18.5. The highest BCUT2D eigenvalue weighted by atomic mass is 32.2. The van der Waals surface area contributed by atoms with Crippen molar-refractivity contribution >= 4 is 17.7 Å². The lowest BCUT2D eigenvalue weighted by Crippen LogP contribution is -2.45. The van der Waals surface area contributed by atoms with Gasteiger partial charge >= 0.3 is 0 Å². The first-order valence-electron chi connectivity index (χ1n) is 11.0. The number of rotatable bonds is 7. The first-order chi connectivity index (χ1) is 16.1. The number of ether oxygens (including phenoxy) is 3. The molecule has 2 aliphatic heterocycles. The summed E-state index contributed by atoms with van der Waals surface area (Å²) in [5.74, 6) is 1.75. The molecule has 172 valence electrons. The minimum absolute atomic E-state index is 0.0370. The zero-order chi connectivity index (χ0) is 22.7. The second-order valence-electron chi connectivity index (χ2n) is 8.35. The van der Waals surface area contributed by atoms with E-state index in [0.717, 1.165) is 35.6 Å². The molecule has 0 spiro atoms. The number of nitrogens with one attached hydrogen (secondary N) is 1. The fraction of sp³-hybridized carbons (Fsp3) is 0.375. The lowest BCUT2D eigenvalue weighted by atomic mass is 9.74. The van der Waals surface area contributed by atoms with Crippen LogP contribution in [0.3, 0.4) is 0 Å². The van der Waals surface area contributed by atoms with Crippen molar-refractivity contribution in [1.29, 1.82) is 0 Å². The van der Waals surface area contributed by atoms with Gasteiger partial charge in [0.2, 0.25) is 12.7 Å². The van der Waals surface area contributed by atoms with Crippen LogP contribution in [0.2, 0.25) is 0 Å². The Morgan fingerprint density at radius 2 is 1.91 bits per heavy atom. The Morgan fingerprint density at radius 1 is 1.12 bits per heavy atom. The van der Waals surface area contributed by atoms with Crippen LogP contribution >= 0.6 is 11.8 Å². The standard InChI is InChI=1S/C24H26N4O4S/c1-17-2-5-19(6-3-17)28-15-26-27-23(28)33-13-22(29)25-14-24(8-10-30-11-9-24)18-4-7-20-21(12-18)32-16-31-20/h2-7,12,15H,8-11,13-14,16H2,1H3,(H,25,29). The van der Waals surface area contributed by atoms with Gasteiger partial charge in [0.1, 0.15) is 6.33 Å². The second kappa shape index (κ2) is 9.44. The molecule has 2 aliphatic rings. The number of carbonyl (C=O) groups is 1. The summed E-state index contributed by atoms with van der Waals surface area (Å²) in [5, 5.41) is 12.0. The molecule has 0 radical (unpaired) electrons. The number of hydrogen-bond acceptors (Lipinski definition) is 7. The summed E-state index contributed by atoms with van der Waals surface area (Å²) in [5.41, 5.74) is 3.10. The molecule has 1 saturated heterocycles. The molecule has 1 aromatic heterocycles. The van der Waals surface area contributed by atoms with E-state index in [1.165, 1.54) is 17.3 Å². The SMILES string of the molecule is Cc1ccc(-n2cnnc2SCC(=O)NCC2(c3ccc4c(c3)OCO4)CCOCC2)cc1. The van der Waals surface area contributed by atoms with Crippen molar-refractivity contribution in [1.82, 2.24) is 20.1 Å². The smallest absolute Gasteiger partial charge is 0.231 e. The van der Waals surface area contributed by atoms with Gasteiger partial charge in [-0.1, -0.05) is 35.5 Å². The van der Waals surface area contributed by atoms with Crippen LogP contribution in [-0.2, 0) is 14.9 Å². The van der Waals surface area contributed by atoms with Crippen LogP contribution in [0.4, 0.5) is 0 Å². The Kier molecular flexibility index (Phi) is 6.24. The van der Waals surface area contributed by atoms with Gasteiger partial charge in [0.15, 0.2) is 16.7 Å². The third kappa shape index (κ3) is 4.69. The second-order valence-corrected chi connectivity index (χ2v) is 9.29. The summed E-state index contributed by atoms with van der Waals surface area (Å²) in [6, 6.07) is 14.2. The number of aryl methyl sites for hydroxylation is 1. The van der Waals surface area contributed by atoms with Crippen molar-refractivity contribution in [2.75, 3.05) is 32.3 Å². The van der Waals surface area contributed by atoms with Crippen LogP contribution in [0, 0.1) is 6.92 Å². The molecule has 9 heteroatoms. The number of carbonyl (C=O) groups excluding carboxylic acids is 1. The van der Waals surface area contributed by atoms with E-state index in [1.807, 2.05) is 47.9 Å². The molecule has 0 aliphatic carbocycles. The predicted molar refractivity (Wildman–Crippen MR) is 124 cm³/mol. The lowest BCUT2D eigenvalue weighted by Gasteiger charge is -2.38. The summed E-state index contributed by atoms with van der Waals surface area (Å²) in [6.07, 6.45) is 3.34. The molecule has 1 amide bonds. The zero-order valence-corrected chi connectivity index (χ0v) is 19.3. The Morgan fingerprint density at radius 3 is 2.73 bits per heavy atom. The van der Waals surface area contributed by atoms with Crippen molar-refractivity contribution in [3.05, 3.63) is 59.9 Å². The summed E-state index contributed by atoms with van der Waals surface area (Å²) in [7, 11) is 0. The number of fused-ring (bicyclic) bond motifs is 1. The predicted octanol–water partition coefficient (Wildman–Crippen LogP) is 3.26. The van der Waals surface area contributed by atoms with Gasteiger partial charge in [-0.3, -0.25) is 9.36 Å². The topological polar surface area (TPSA) is 87.5 Å². The lowest BCUT2D eigenvalue weighted by molar-refractivity contribution is -0.119. The van der Waals surface area contributed by atoms with E-state index in [9.17, 15) is 4.79 Å². The number of aromatic nitrogens is 3. The Balaban J connectivity index is 1.23. The van der Waals surface area contributed by atoms with Gasteiger partial charge in [-0.15, -0.1) is 10.2 Å². The molecule has 3 aromatic rings. The van der Waals surface area contributed by atoms with Crippen LogP contribution in [-0.4, -0.2) is 53.0 Å². The molecule has 33 heavy (non-hydrogen) atoms. The van der Waals surface area contributed by atoms with Crippen molar-refractivity contribution in [3.63, 3.8) is 0 Å². The van der Waals surface area contributed by atoms with Crippen LogP contribution in [0.5, 0.6) is 11.5 Å². The fourth-order valence-corrected chi connectivity index (χ4v) is 4.97. The maximum atomic E-state index is 12.8. The first kappa shape index (κ1) is 21.8. The molecular weight excluding hydrogens is 440 g/mol. The fourth-order valence-electron chi connectivity index (χ4n) is 4.21. The van der Waals surface area contributed by atoms with E-state index in [1.54, 1.807) is 6.33 Å². The van der Waals surface area contributed by atoms with Gasteiger partial charge in [0, 0.05) is 30.9 Å². The van der Waals surface area contributed by atoms with Crippen LogP contribution in [0.25, 0.3) is 5.69 Å². The highest BCUT2D eigenvalue weighted by Crippen LogP contribution is 2.40. The number of nitrogens with zero attached hydrogens (tertiary/aromatic N) is 3. The monoisotopic (exact) mass is 466 g/mol. The summed E-state index contributed by atoms with van der Waals surface area (Å²) in [4.78, 5) is 12.8. The van der Waals surface area contributed by atoms with E-state index < -0.39 is 0 Å². The van der Waals surface area contributed by atoms with Gasteiger partial charge in [0.25, 0.3) is 0 Å². The average molecular weight is 467 g/mol. The molecule has 0 bridgehead atoms. The minimum Gasteiger partial charge on any atom is -0.454 e. The molecule has 5 rings (SSSR count). The number of hydrogen-bond donors (Lipinski definition) is 1. The normalized spacial score (nSPS) is 16.5. The first-order valence-corrected chi connectivity index (χ1v) is 12.0. The number of amides is 1. The summed E-state index contributed by atoms with van der Waals surface area (Å²) >= 11 is 1.37. The molecule has 3 heterocycles. The van der Waals surface area contributed by atoms with Crippen molar-refractivity contribution < 1.29 is 19.0 Å². The van der Waals surface area contributed by atoms with E-state index in [2.05, 4.69) is 21.6 Å². The van der Waals surface area contributed by atoms with E-state index in [4.69, 9.17) is 14.2 Å². The molecule has 0 saturated carbocycles. The number of benzene rings is 2. The third-order valence-electron chi connectivity index (χ3n) is 6.22. The van der Waals surface area contributed by atoms with Gasteiger partial charge in [0.05, 0.1) is 5.75 Å². The minimum atomic E-state index is -0.193. The van der Waals surface area contributed by atoms with Gasteiger partial charge < -0.3 is 19.5 Å². The van der Waals surface area contributed by atoms with E-state index in [-0.39, 0.29) is 23.9 Å². The highest BCUT2D eigenvalue weighted by molar-refractivity contribution is 7.99. The number of thioether (sulfide) groups is 1. The summed E-state index contributed by atoms with van der Waals surface area (Å²) in [6.45, 7) is 4.16. The molecule has 8 nitrogen and oxygen atoms in total. The van der Waals surface area contributed by atoms with Gasteiger partial charge in [-0.2, -0.15) is 0 Å². The molecule has 1 fully saturated rings. The molecule has 0 unspecified atom stereocenters. The quantitative estimate of drug-likeness (QED) is 0.535. The van der Waals surface area contributed by atoms with E-state index >= 15 is 0 Å². The summed E-state index contributed by atoms with van der Waals surface area (Å²) < 4.78 is 18.5. The maximum Gasteiger partial charge on any atom is 0.231 e. The van der Waals surface area contributed by atoms with Gasteiger partial charge in [-0.25, -0.2) is 0 Å². The molecule has 2 aromatic carbocycles. The molecular formula is C24H26N4O4S. The van der Waals surface area contributed by atoms with Crippen LogP contribution in [0.15, 0.2) is 53.9 Å². The van der Waals surface area contributed by atoms with Gasteiger partial charge in [-0.05, 0) is 49.6 Å².